The van der Waals surface area contributed by atoms with Crippen LogP contribution < -0.4 is 5.32 Å². The molecule has 4 heteroatoms. The van der Waals surface area contributed by atoms with Crippen molar-refractivity contribution in [3.63, 3.8) is 0 Å². The number of carbonyl (C=O) groups excluding carboxylic acids is 1. The molecule has 3 N–H and O–H groups in total. The predicted octanol–water partition coefficient (Wildman–Crippen LogP) is 15.9. The van der Waals surface area contributed by atoms with Crippen LogP contribution in [-0.4, -0.2) is 34.9 Å². The highest BCUT2D eigenvalue weighted by Gasteiger charge is 2.17. The van der Waals surface area contributed by atoms with Crippen LogP contribution in [0.1, 0.15) is 258 Å². The van der Waals surface area contributed by atoms with E-state index in [0.29, 0.717) is 6.42 Å². The van der Waals surface area contributed by atoms with Gasteiger partial charge in [-0.2, -0.15) is 0 Å². The Balaban J connectivity index is 3.54. The summed E-state index contributed by atoms with van der Waals surface area (Å²) in [6.45, 7) is 4.30. The average Bonchev–Trinajstić information content (AvgIpc) is 3.20. The number of carbonyl (C=O) groups is 1. The summed E-state index contributed by atoms with van der Waals surface area (Å²) in [5.41, 5.74) is 0. The van der Waals surface area contributed by atoms with E-state index in [0.717, 1.165) is 38.5 Å². The first-order valence-electron chi connectivity index (χ1n) is 24.9. The second kappa shape index (κ2) is 47.7. The SMILES string of the molecule is CCCCCCCCC/C=C/CC/C=C/CC/C=C/C(O)C(CO)NC(=O)CCCCCCCCCCCCCCCCC/C=C\CCCCCCCCCC. The van der Waals surface area contributed by atoms with E-state index in [2.05, 4.69) is 55.6 Å². The number of hydrogen-bond acceptors (Lipinski definition) is 3. The Bertz CT molecular complexity index is 893. The lowest BCUT2D eigenvalue weighted by Gasteiger charge is -2.19. The minimum atomic E-state index is -0.869. The quantitative estimate of drug-likeness (QED) is 0.0425. The summed E-state index contributed by atoms with van der Waals surface area (Å²) >= 11 is 0. The highest BCUT2D eigenvalue weighted by Crippen LogP contribution is 2.15. The van der Waals surface area contributed by atoms with Crippen LogP contribution in [0, 0.1) is 0 Å². The Morgan fingerprint density at radius 2 is 0.696 bits per heavy atom. The molecule has 0 aliphatic carbocycles. The minimum absolute atomic E-state index is 0.0763. The number of rotatable bonds is 45. The van der Waals surface area contributed by atoms with E-state index in [1.807, 2.05) is 6.08 Å². The smallest absolute Gasteiger partial charge is 0.220 e. The lowest BCUT2D eigenvalue weighted by molar-refractivity contribution is -0.123. The molecule has 0 heterocycles. The zero-order valence-electron chi connectivity index (χ0n) is 37.7. The third-order valence-electron chi connectivity index (χ3n) is 11.3. The van der Waals surface area contributed by atoms with Gasteiger partial charge in [-0.15, -0.1) is 0 Å². The van der Waals surface area contributed by atoms with Gasteiger partial charge in [0.1, 0.15) is 0 Å². The molecule has 0 spiro atoms. The lowest BCUT2D eigenvalue weighted by atomic mass is 10.0. The van der Waals surface area contributed by atoms with E-state index in [-0.39, 0.29) is 12.5 Å². The normalized spacial score (nSPS) is 13.3. The molecule has 0 saturated heterocycles. The van der Waals surface area contributed by atoms with Crippen molar-refractivity contribution < 1.29 is 15.0 Å². The molecule has 1 amide bonds. The van der Waals surface area contributed by atoms with Crippen molar-refractivity contribution in [2.45, 2.75) is 270 Å². The van der Waals surface area contributed by atoms with Gasteiger partial charge in [-0.3, -0.25) is 4.79 Å². The fourth-order valence-electron chi connectivity index (χ4n) is 7.44. The molecule has 0 bridgehead atoms. The van der Waals surface area contributed by atoms with Gasteiger partial charge < -0.3 is 15.5 Å². The largest absolute Gasteiger partial charge is 0.394 e. The predicted molar refractivity (Wildman–Crippen MR) is 248 cm³/mol. The lowest BCUT2D eigenvalue weighted by Crippen LogP contribution is -2.45. The highest BCUT2D eigenvalue weighted by atomic mass is 16.3. The minimum Gasteiger partial charge on any atom is -0.394 e. The molecular formula is C52H97NO3. The standard InChI is InChI=1S/C52H97NO3/c1-3-5-7-9-11-13-15-17-19-21-22-23-24-25-26-27-28-29-30-32-34-36-38-40-42-44-46-48-52(56)53-50(49-54)51(55)47-45-43-41-39-37-35-33-31-20-18-16-14-12-10-8-6-4-2/h20-22,31,37,39,45,47,50-51,54-55H,3-19,23-30,32-36,38,40-44,46,48-49H2,1-2H3,(H,53,56)/b22-21-,31-20+,39-37+,47-45+. The molecule has 56 heavy (non-hydrogen) atoms. The van der Waals surface area contributed by atoms with E-state index in [1.54, 1.807) is 6.08 Å². The summed E-state index contributed by atoms with van der Waals surface area (Å²) in [7, 11) is 0. The number of aliphatic hydroxyl groups is 2. The molecule has 0 fully saturated rings. The number of hydrogen-bond donors (Lipinski definition) is 3. The Morgan fingerprint density at radius 3 is 1.04 bits per heavy atom. The Morgan fingerprint density at radius 1 is 0.411 bits per heavy atom. The molecule has 0 aliphatic heterocycles. The molecule has 4 nitrogen and oxygen atoms in total. The molecule has 0 aromatic carbocycles. The van der Waals surface area contributed by atoms with Gasteiger partial charge in [-0.1, -0.05) is 229 Å². The van der Waals surface area contributed by atoms with Crippen LogP contribution in [-0.2, 0) is 4.79 Å². The van der Waals surface area contributed by atoms with Gasteiger partial charge in [0.15, 0.2) is 0 Å². The first-order chi connectivity index (χ1) is 27.7. The van der Waals surface area contributed by atoms with Crippen LogP contribution in [0.15, 0.2) is 48.6 Å². The zero-order chi connectivity index (χ0) is 40.7. The van der Waals surface area contributed by atoms with E-state index in [1.165, 1.54) is 199 Å². The van der Waals surface area contributed by atoms with Gasteiger partial charge in [0, 0.05) is 6.42 Å². The summed E-state index contributed by atoms with van der Waals surface area (Å²) in [6.07, 6.45) is 65.3. The summed E-state index contributed by atoms with van der Waals surface area (Å²) < 4.78 is 0. The number of aliphatic hydroxyl groups excluding tert-OH is 2. The topological polar surface area (TPSA) is 69.6 Å². The van der Waals surface area contributed by atoms with Crippen LogP contribution in [0.3, 0.4) is 0 Å². The van der Waals surface area contributed by atoms with E-state index in [9.17, 15) is 15.0 Å². The summed E-state index contributed by atoms with van der Waals surface area (Å²) in [5.74, 6) is -0.0763. The molecule has 328 valence electrons. The van der Waals surface area contributed by atoms with Crippen LogP contribution in [0.5, 0.6) is 0 Å². The first-order valence-corrected chi connectivity index (χ1v) is 24.9. The summed E-state index contributed by atoms with van der Waals surface area (Å²) in [4.78, 5) is 12.4. The second-order valence-electron chi connectivity index (χ2n) is 16.9. The Hall–Kier alpha value is -1.65. The maximum Gasteiger partial charge on any atom is 0.220 e. The van der Waals surface area contributed by atoms with Gasteiger partial charge in [0.05, 0.1) is 18.8 Å². The summed E-state index contributed by atoms with van der Waals surface area (Å²) in [6, 6.07) is -0.645. The number of nitrogens with one attached hydrogen (secondary N) is 1. The number of amides is 1. The molecule has 0 aromatic heterocycles. The third kappa shape index (κ3) is 43.5. The number of unbranched alkanes of at least 4 members (excludes halogenated alkanes) is 32. The average molecular weight is 784 g/mol. The van der Waals surface area contributed by atoms with Crippen molar-refractivity contribution in [2.24, 2.45) is 0 Å². The van der Waals surface area contributed by atoms with Gasteiger partial charge in [0.25, 0.3) is 0 Å². The van der Waals surface area contributed by atoms with Gasteiger partial charge in [-0.05, 0) is 70.6 Å². The maximum atomic E-state index is 12.4. The van der Waals surface area contributed by atoms with E-state index >= 15 is 0 Å². The van der Waals surface area contributed by atoms with Crippen LogP contribution in [0.4, 0.5) is 0 Å². The fourth-order valence-corrected chi connectivity index (χ4v) is 7.44. The Kier molecular flexibility index (Phi) is 46.3. The second-order valence-corrected chi connectivity index (χ2v) is 16.9. The molecule has 2 unspecified atom stereocenters. The van der Waals surface area contributed by atoms with Gasteiger partial charge in [-0.25, -0.2) is 0 Å². The summed E-state index contributed by atoms with van der Waals surface area (Å²) in [5, 5.41) is 23.0. The maximum absolute atomic E-state index is 12.4. The van der Waals surface area contributed by atoms with Crippen molar-refractivity contribution in [1.29, 1.82) is 0 Å². The highest BCUT2D eigenvalue weighted by molar-refractivity contribution is 5.76. The molecule has 0 radical (unpaired) electrons. The van der Waals surface area contributed by atoms with Crippen molar-refractivity contribution in [3.8, 4) is 0 Å². The molecule has 0 aliphatic rings. The fraction of sp³-hybridized carbons (Fsp3) is 0.827. The molecule has 0 aromatic rings. The first kappa shape index (κ1) is 54.3. The molecular weight excluding hydrogens is 687 g/mol. The monoisotopic (exact) mass is 784 g/mol. The third-order valence-corrected chi connectivity index (χ3v) is 11.3. The molecule has 0 rings (SSSR count). The van der Waals surface area contributed by atoms with E-state index in [4.69, 9.17) is 0 Å². The van der Waals surface area contributed by atoms with Crippen molar-refractivity contribution in [2.75, 3.05) is 6.61 Å². The van der Waals surface area contributed by atoms with Crippen LogP contribution >= 0.6 is 0 Å². The zero-order valence-corrected chi connectivity index (χ0v) is 37.7. The van der Waals surface area contributed by atoms with Crippen molar-refractivity contribution in [3.05, 3.63) is 48.6 Å². The van der Waals surface area contributed by atoms with Crippen molar-refractivity contribution in [1.82, 2.24) is 5.32 Å². The number of allylic oxidation sites excluding steroid dienone is 7. The Labute approximate surface area is 350 Å². The van der Waals surface area contributed by atoms with Gasteiger partial charge in [0.2, 0.25) is 5.91 Å². The van der Waals surface area contributed by atoms with Crippen molar-refractivity contribution >= 4 is 5.91 Å². The van der Waals surface area contributed by atoms with Crippen LogP contribution in [0.25, 0.3) is 0 Å². The molecule has 0 saturated carbocycles. The molecule has 2 atom stereocenters. The van der Waals surface area contributed by atoms with Crippen LogP contribution in [0.2, 0.25) is 0 Å². The van der Waals surface area contributed by atoms with Gasteiger partial charge >= 0.3 is 0 Å². The van der Waals surface area contributed by atoms with E-state index < -0.39 is 12.1 Å².